The average Bonchev–Trinajstić information content (AvgIpc) is 3.03. The number of anilines is 2. The first-order chi connectivity index (χ1) is 14.5. The summed E-state index contributed by atoms with van der Waals surface area (Å²) < 4.78 is 4.98. The first-order valence-corrected chi connectivity index (χ1v) is 10.6. The molecule has 9 nitrogen and oxygen atoms in total. The van der Waals surface area contributed by atoms with Crippen LogP contribution in [0.1, 0.15) is 20.3 Å². The maximum atomic E-state index is 12.8. The predicted octanol–water partition coefficient (Wildman–Crippen LogP) is 2.05. The van der Waals surface area contributed by atoms with E-state index in [0.717, 1.165) is 13.0 Å². The fraction of sp³-hybridized carbons (Fsp3) is 0.571. The monoisotopic (exact) mass is 417 g/mol. The lowest BCUT2D eigenvalue weighted by Crippen LogP contribution is -2.42. The van der Waals surface area contributed by atoms with E-state index in [1.165, 1.54) is 0 Å². The molecule has 1 aromatic carbocycles. The number of nitrogens with zero attached hydrogens (tertiary/aromatic N) is 4. The predicted molar refractivity (Wildman–Crippen MR) is 115 cm³/mol. The number of amides is 4. The van der Waals surface area contributed by atoms with E-state index in [9.17, 15) is 14.4 Å². The van der Waals surface area contributed by atoms with Gasteiger partial charge in [0.1, 0.15) is 6.61 Å². The van der Waals surface area contributed by atoms with Crippen molar-refractivity contribution in [1.29, 1.82) is 0 Å². The Morgan fingerprint density at radius 3 is 2.60 bits per heavy atom. The summed E-state index contributed by atoms with van der Waals surface area (Å²) in [5, 5.41) is 2.92. The minimum Gasteiger partial charge on any atom is -0.447 e. The normalized spacial score (nSPS) is 17.5. The van der Waals surface area contributed by atoms with Crippen molar-refractivity contribution < 1.29 is 19.1 Å². The summed E-state index contributed by atoms with van der Waals surface area (Å²) in [5.41, 5.74) is 1.34. The van der Waals surface area contributed by atoms with Crippen molar-refractivity contribution >= 4 is 29.4 Å². The lowest BCUT2D eigenvalue weighted by Gasteiger charge is -2.25. The van der Waals surface area contributed by atoms with Gasteiger partial charge in [0.05, 0.1) is 13.1 Å². The summed E-state index contributed by atoms with van der Waals surface area (Å²) in [6.45, 7) is 9.33. The van der Waals surface area contributed by atoms with Crippen molar-refractivity contribution in [2.75, 3.05) is 69.2 Å². The number of carbonyl (C=O) groups is 3. The van der Waals surface area contributed by atoms with Crippen LogP contribution in [0, 0.1) is 0 Å². The third-order valence-electron chi connectivity index (χ3n) is 5.52. The van der Waals surface area contributed by atoms with Crippen molar-refractivity contribution in [2.45, 2.75) is 20.3 Å². The van der Waals surface area contributed by atoms with Crippen molar-refractivity contribution in [3.63, 3.8) is 0 Å². The number of hydrogen-bond acceptors (Lipinski definition) is 5. The first-order valence-electron chi connectivity index (χ1n) is 10.6. The van der Waals surface area contributed by atoms with Gasteiger partial charge in [-0.25, -0.2) is 9.59 Å². The Hall–Kier alpha value is -2.81. The smallest absolute Gasteiger partial charge is 0.414 e. The standard InChI is InChI=1S/C21H31N5O4/c1-3-24(4-2)19(27)16-23-9-6-10-25(12-11-23)20(28)22-17-7-5-8-18(15-17)26-13-14-30-21(26)29/h5,7-8,15H,3-4,6,9-14,16H2,1-2H3,(H,22,28). The summed E-state index contributed by atoms with van der Waals surface area (Å²) >= 11 is 0. The molecule has 2 aliphatic heterocycles. The zero-order valence-electron chi connectivity index (χ0n) is 17.8. The van der Waals surface area contributed by atoms with Crippen LogP contribution in [-0.2, 0) is 9.53 Å². The third kappa shape index (κ3) is 5.41. The van der Waals surface area contributed by atoms with Crippen LogP contribution in [0.3, 0.4) is 0 Å². The summed E-state index contributed by atoms with van der Waals surface area (Å²) in [6.07, 6.45) is 0.448. The number of cyclic esters (lactones) is 1. The van der Waals surface area contributed by atoms with E-state index in [2.05, 4.69) is 10.2 Å². The quantitative estimate of drug-likeness (QED) is 0.766. The molecule has 1 aromatic rings. The van der Waals surface area contributed by atoms with E-state index in [4.69, 9.17) is 4.74 Å². The number of hydrogen-bond donors (Lipinski definition) is 1. The van der Waals surface area contributed by atoms with Gasteiger partial charge in [-0.1, -0.05) is 6.07 Å². The molecule has 9 heteroatoms. The average molecular weight is 418 g/mol. The number of ether oxygens (including phenoxy) is 1. The molecule has 4 amide bonds. The van der Waals surface area contributed by atoms with Crippen molar-refractivity contribution in [1.82, 2.24) is 14.7 Å². The SMILES string of the molecule is CCN(CC)C(=O)CN1CCCN(C(=O)Nc2cccc(N3CCOC3=O)c2)CC1. The molecule has 0 radical (unpaired) electrons. The number of nitrogens with one attached hydrogen (secondary N) is 1. The number of benzene rings is 1. The van der Waals surface area contributed by atoms with Crippen LogP contribution in [0.2, 0.25) is 0 Å². The van der Waals surface area contributed by atoms with Gasteiger partial charge < -0.3 is 19.9 Å². The van der Waals surface area contributed by atoms with Crippen molar-refractivity contribution in [3.8, 4) is 0 Å². The van der Waals surface area contributed by atoms with E-state index in [0.29, 0.717) is 63.8 Å². The summed E-state index contributed by atoms with van der Waals surface area (Å²) in [4.78, 5) is 44.2. The van der Waals surface area contributed by atoms with Gasteiger partial charge in [0.15, 0.2) is 0 Å². The molecule has 2 heterocycles. The molecule has 0 aliphatic carbocycles. The maximum absolute atomic E-state index is 12.8. The summed E-state index contributed by atoms with van der Waals surface area (Å²) in [7, 11) is 0. The van der Waals surface area contributed by atoms with Gasteiger partial charge in [-0.2, -0.15) is 0 Å². The van der Waals surface area contributed by atoms with Gasteiger partial charge in [-0.05, 0) is 38.5 Å². The molecule has 0 bridgehead atoms. The second-order valence-electron chi connectivity index (χ2n) is 7.43. The topological polar surface area (TPSA) is 85.4 Å². The third-order valence-corrected chi connectivity index (χ3v) is 5.52. The molecule has 2 fully saturated rings. The van der Waals surface area contributed by atoms with Crippen molar-refractivity contribution in [2.24, 2.45) is 0 Å². The van der Waals surface area contributed by atoms with Crippen LogP contribution >= 0.6 is 0 Å². The second-order valence-corrected chi connectivity index (χ2v) is 7.43. The Morgan fingerprint density at radius 2 is 1.90 bits per heavy atom. The van der Waals surface area contributed by atoms with E-state index in [-0.39, 0.29) is 18.0 Å². The Morgan fingerprint density at radius 1 is 1.10 bits per heavy atom. The minimum absolute atomic E-state index is 0.134. The van der Waals surface area contributed by atoms with Crippen LogP contribution in [0.15, 0.2) is 24.3 Å². The molecule has 0 atom stereocenters. The largest absolute Gasteiger partial charge is 0.447 e. The molecule has 0 saturated carbocycles. The molecule has 3 rings (SSSR count). The highest BCUT2D eigenvalue weighted by Crippen LogP contribution is 2.22. The highest BCUT2D eigenvalue weighted by atomic mass is 16.6. The fourth-order valence-corrected chi connectivity index (χ4v) is 3.78. The molecule has 0 unspecified atom stereocenters. The Balaban J connectivity index is 1.54. The second kappa shape index (κ2) is 10.3. The van der Waals surface area contributed by atoms with E-state index < -0.39 is 0 Å². The van der Waals surface area contributed by atoms with Crippen LogP contribution in [-0.4, -0.2) is 91.7 Å². The molecular weight excluding hydrogens is 386 g/mol. The van der Waals surface area contributed by atoms with Gasteiger partial charge in [0.2, 0.25) is 5.91 Å². The van der Waals surface area contributed by atoms with Crippen LogP contribution in [0.25, 0.3) is 0 Å². The molecule has 2 saturated heterocycles. The highest BCUT2D eigenvalue weighted by molar-refractivity contribution is 5.93. The number of likely N-dealkylation sites (N-methyl/N-ethyl adjacent to an activating group) is 1. The van der Waals surface area contributed by atoms with Gasteiger partial charge >= 0.3 is 12.1 Å². The molecular formula is C21H31N5O4. The van der Waals surface area contributed by atoms with Crippen LogP contribution in [0.4, 0.5) is 21.0 Å². The number of urea groups is 1. The molecule has 30 heavy (non-hydrogen) atoms. The van der Waals surface area contributed by atoms with Crippen LogP contribution in [0.5, 0.6) is 0 Å². The molecule has 1 N–H and O–H groups in total. The Bertz CT molecular complexity index is 768. The summed E-state index contributed by atoms with van der Waals surface area (Å²) in [6, 6.07) is 7.03. The van der Waals surface area contributed by atoms with Gasteiger partial charge in [0, 0.05) is 50.6 Å². The van der Waals surface area contributed by atoms with E-state index >= 15 is 0 Å². The number of carbonyl (C=O) groups excluding carboxylic acids is 3. The fourth-order valence-electron chi connectivity index (χ4n) is 3.78. The summed E-state index contributed by atoms with van der Waals surface area (Å²) in [5.74, 6) is 0.134. The highest BCUT2D eigenvalue weighted by Gasteiger charge is 2.25. The first kappa shape index (κ1) is 21.9. The van der Waals surface area contributed by atoms with Gasteiger partial charge in [-0.15, -0.1) is 0 Å². The lowest BCUT2D eigenvalue weighted by molar-refractivity contribution is -0.132. The lowest BCUT2D eigenvalue weighted by atomic mass is 10.2. The minimum atomic E-state index is -0.370. The Labute approximate surface area is 177 Å². The Kier molecular flexibility index (Phi) is 7.51. The van der Waals surface area contributed by atoms with Gasteiger partial charge in [0.25, 0.3) is 0 Å². The zero-order chi connectivity index (χ0) is 21.5. The van der Waals surface area contributed by atoms with Crippen LogP contribution < -0.4 is 10.2 Å². The van der Waals surface area contributed by atoms with Crippen molar-refractivity contribution in [3.05, 3.63) is 24.3 Å². The molecule has 0 aromatic heterocycles. The van der Waals surface area contributed by atoms with Gasteiger partial charge in [-0.3, -0.25) is 14.6 Å². The van der Waals surface area contributed by atoms with E-state index in [1.54, 1.807) is 28.0 Å². The molecule has 0 spiro atoms. The maximum Gasteiger partial charge on any atom is 0.414 e. The zero-order valence-corrected chi connectivity index (χ0v) is 17.8. The number of rotatable bonds is 6. The molecule has 2 aliphatic rings. The molecule has 164 valence electrons. The van der Waals surface area contributed by atoms with E-state index in [1.807, 2.05) is 24.8 Å².